The number of aryl methyl sites for hydroxylation is 1. The molecule has 1 heterocycles. The highest BCUT2D eigenvalue weighted by Gasteiger charge is 2.22. The molecule has 0 radical (unpaired) electrons. The number of ether oxygens (including phenoxy) is 1. The third-order valence-corrected chi connectivity index (χ3v) is 4.33. The molecule has 0 unspecified atom stereocenters. The summed E-state index contributed by atoms with van der Waals surface area (Å²) in [5.41, 5.74) is 1.51. The van der Waals surface area contributed by atoms with Crippen LogP contribution in [0.2, 0.25) is 0 Å². The summed E-state index contributed by atoms with van der Waals surface area (Å²) in [5, 5.41) is 0.552. The van der Waals surface area contributed by atoms with Crippen LogP contribution in [0, 0.1) is 6.92 Å². The first-order valence-electron chi connectivity index (χ1n) is 7.50. The topological polar surface area (TPSA) is 59.5 Å². The van der Waals surface area contributed by atoms with Gasteiger partial charge in [0.25, 0.3) is 5.91 Å². The van der Waals surface area contributed by atoms with Crippen molar-refractivity contribution < 1.29 is 14.3 Å². The van der Waals surface area contributed by atoms with E-state index in [4.69, 9.17) is 4.74 Å². The Balaban J connectivity index is 2.17. The summed E-state index contributed by atoms with van der Waals surface area (Å²) >= 11 is 1.39. The largest absolute Gasteiger partial charge is 0.449 e. The van der Waals surface area contributed by atoms with Crippen LogP contribution in [-0.2, 0) is 9.53 Å². The Morgan fingerprint density at radius 3 is 2.46 bits per heavy atom. The SMILES string of the molecule is Cc1ccc(Sc2ncccc2C(=O)O[C@H](C)C(=O)N(C)C)cc1. The quantitative estimate of drug-likeness (QED) is 0.780. The first-order chi connectivity index (χ1) is 11.4. The highest BCUT2D eigenvalue weighted by atomic mass is 32.2. The summed E-state index contributed by atoms with van der Waals surface area (Å²) < 4.78 is 5.27. The Bertz CT molecular complexity index is 729. The Morgan fingerprint density at radius 1 is 1.17 bits per heavy atom. The molecule has 2 aromatic rings. The number of rotatable bonds is 5. The van der Waals surface area contributed by atoms with Crippen LogP contribution in [0.1, 0.15) is 22.8 Å². The van der Waals surface area contributed by atoms with Gasteiger partial charge in [-0.1, -0.05) is 29.5 Å². The minimum atomic E-state index is -0.843. The number of pyridine rings is 1. The summed E-state index contributed by atoms with van der Waals surface area (Å²) in [6.07, 6.45) is 0.784. The summed E-state index contributed by atoms with van der Waals surface area (Å²) in [7, 11) is 3.24. The van der Waals surface area contributed by atoms with Gasteiger partial charge in [0, 0.05) is 25.2 Å². The smallest absolute Gasteiger partial charge is 0.341 e. The van der Waals surface area contributed by atoms with Crippen molar-refractivity contribution in [2.45, 2.75) is 29.9 Å². The lowest BCUT2D eigenvalue weighted by atomic mass is 10.2. The number of aromatic nitrogens is 1. The van der Waals surface area contributed by atoms with Gasteiger partial charge >= 0.3 is 5.97 Å². The molecule has 0 aliphatic heterocycles. The average molecular weight is 344 g/mol. The van der Waals surface area contributed by atoms with Crippen molar-refractivity contribution in [3.05, 3.63) is 53.7 Å². The standard InChI is InChI=1S/C18H20N2O3S/c1-12-7-9-14(10-8-12)24-16-15(6-5-11-19-16)18(22)23-13(2)17(21)20(3)4/h5-11,13H,1-4H3/t13-/m1/s1. The third kappa shape index (κ3) is 4.58. The van der Waals surface area contributed by atoms with Crippen molar-refractivity contribution in [2.75, 3.05) is 14.1 Å². The van der Waals surface area contributed by atoms with Gasteiger partial charge in [-0.15, -0.1) is 0 Å². The maximum Gasteiger partial charge on any atom is 0.341 e. The van der Waals surface area contributed by atoms with Crippen LogP contribution in [0.3, 0.4) is 0 Å². The predicted octanol–water partition coefficient (Wildman–Crippen LogP) is 3.17. The maximum atomic E-state index is 12.4. The highest BCUT2D eigenvalue weighted by molar-refractivity contribution is 7.99. The molecule has 1 atom stereocenters. The lowest BCUT2D eigenvalue weighted by Crippen LogP contribution is -2.35. The fourth-order valence-corrected chi connectivity index (χ4v) is 2.85. The number of benzene rings is 1. The molecule has 0 spiro atoms. The number of hydrogen-bond donors (Lipinski definition) is 0. The number of carbonyl (C=O) groups is 2. The Labute approximate surface area is 146 Å². The molecule has 0 saturated heterocycles. The van der Waals surface area contributed by atoms with Gasteiger partial charge in [0.1, 0.15) is 5.03 Å². The first-order valence-corrected chi connectivity index (χ1v) is 8.32. The lowest BCUT2D eigenvalue weighted by Gasteiger charge is -2.17. The predicted molar refractivity (Wildman–Crippen MR) is 93.1 cm³/mol. The zero-order valence-corrected chi connectivity index (χ0v) is 15.0. The van der Waals surface area contributed by atoms with E-state index in [0.717, 1.165) is 10.5 Å². The van der Waals surface area contributed by atoms with Gasteiger partial charge in [-0.3, -0.25) is 4.79 Å². The second kappa shape index (κ2) is 7.97. The zero-order chi connectivity index (χ0) is 17.7. The van der Waals surface area contributed by atoms with Crippen molar-refractivity contribution in [1.82, 2.24) is 9.88 Å². The molecule has 24 heavy (non-hydrogen) atoms. The van der Waals surface area contributed by atoms with Crippen LogP contribution >= 0.6 is 11.8 Å². The van der Waals surface area contributed by atoms with Gasteiger partial charge in [0.15, 0.2) is 6.10 Å². The van der Waals surface area contributed by atoms with E-state index in [2.05, 4.69) is 4.98 Å². The molecule has 6 heteroatoms. The molecule has 0 N–H and O–H groups in total. The molecule has 0 saturated carbocycles. The van der Waals surface area contributed by atoms with Crippen LogP contribution in [0.4, 0.5) is 0 Å². The summed E-state index contributed by atoms with van der Waals surface area (Å²) in [5.74, 6) is -0.819. The van der Waals surface area contributed by atoms with E-state index in [0.29, 0.717) is 10.6 Å². The Morgan fingerprint density at radius 2 is 1.83 bits per heavy atom. The maximum absolute atomic E-state index is 12.4. The molecule has 2 rings (SSSR count). The summed E-state index contributed by atoms with van der Waals surface area (Å²) in [6.45, 7) is 3.57. The van der Waals surface area contributed by atoms with Crippen LogP contribution in [0.15, 0.2) is 52.5 Å². The number of carbonyl (C=O) groups excluding carboxylic acids is 2. The number of amides is 1. The average Bonchev–Trinajstić information content (AvgIpc) is 2.56. The van der Waals surface area contributed by atoms with Crippen LogP contribution in [0.5, 0.6) is 0 Å². The number of nitrogens with zero attached hydrogens (tertiary/aromatic N) is 2. The normalized spacial score (nSPS) is 11.7. The van der Waals surface area contributed by atoms with Crippen molar-refractivity contribution in [2.24, 2.45) is 0 Å². The Hall–Kier alpha value is -2.34. The highest BCUT2D eigenvalue weighted by Crippen LogP contribution is 2.29. The number of likely N-dealkylation sites (N-methyl/N-ethyl adjacent to an activating group) is 1. The van der Waals surface area contributed by atoms with E-state index in [1.165, 1.54) is 16.7 Å². The summed E-state index contributed by atoms with van der Waals surface area (Å²) in [4.78, 5) is 30.9. The third-order valence-electron chi connectivity index (χ3n) is 3.30. The zero-order valence-electron chi connectivity index (χ0n) is 14.1. The molecule has 0 fully saturated rings. The molecule has 0 aliphatic carbocycles. The first kappa shape index (κ1) is 18.0. The van der Waals surface area contributed by atoms with Crippen molar-refractivity contribution in [3.63, 3.8) is 0 Å². The van der Waals surface area contributed by atoms with E-state index in [9.17, 15) is 9.59 Å². The van der Waals surface area contributed by atoms with Crippen LogP contribution in [-0.4, -0.2) is 42.0 Å². The number of hydrogen-bond acceptors (Lipinski definition) is 5. The molecule has 0 bridgehead atoms. The van der Waals surface area contributed by atoms with E-state index in [1.807, 2.05) is 31.2 Å². The second-order valence-corrected chi connectivity index (χ2v) is 6.61. The van der Waals surface area contributed by atoms with Crippen LogP contribution < -0.4 is 0 Å². The fourth-order valence-electron chi connectivity index (χ4n) is 1.98. The minimum Gasteiger partial charge on any atom is -0.449 e. The van der Waals surface area contributed by atoms with Crippen molar-refractivity contribution in [3.8, 4) is 0 Å². The molecule has 5 nitrogen and oxygen atoms in total. The molecular formula is C18H20N2O3S. The molecular weight excluding hydrogens is 324 g/mol. The second-order valence-electron chi connectivity index (χ2n) is 5.55. The fraction of sp³-hybridized carbons (Fsp3) is 0.278. The molecule has 1 aromatic heterocycles. The van der Waals surface area contributed by atoms with Crippen molar-refractivity contribution in [1.29, 1.82) is 0 Å². The molecule has 126 valence electrons. The van der Waals surface area contributed by atoms with Crippen LogP contribution in [0.25, 0.3) is 0 Å². The van der Waals surface area contributed by atoms with E-state index >= 15 is 0 Å². The molecule has 1 aromatic carbocycles. The Kier molecular flexibility index (Phi) is 5.98. The number of esters is 1. The minimum absolute atomic E-state index is 0.264. The van der Waals surface area contributed by atoms with Gasteiger partial charge in [-0.2, -0.15) is 0 Å². The van der Waals surface area contributed by atoms with Gasteiger partial charge in [-0.25, -0.2) is 9.78 Å². The summed E-state index contributed by atoms with van der Waals surface area (Å²) in [6, 6.07) is 11.3. The lowest BCUT2D eigenvalue weighted by molar-refractivity contribution is -0.137. The van der Waals surface area contributed by atoms with E-state index in [-0.39, 0.29) is 5.91 Å². The molecule has 0 aliphatic rings. The van der Waals surface area contributed by atoms with E-state index in [1.54, 1.807) is 39.3 Å². The van der Waals surface area contributed by atoms with Gasteiger partial charge in [-0.05, 0) is 38.1 Å². The van der Waals surface area contributed by atoms with Gasteiger partial charge in [0.05, 0.1) is 5.56 Å². The van der Waals surface area contributed by atoms with Gasteiger partial charge in [0.2, 0.25) is 0 Å². The van der Waals surface area contributed by atoms with E-state index < -0.39 is 12.1 Å². The monoisotopic (exact) mass is 344 g/mol. The van der Waals surface area contributed by atoms with Crippen molar-refractivity contribution >= 4 is 23.6 Å². The molecule has 1 amide bonds. The van der Waals surface area contributed by atoms with Gasteiger partial charge < -0.3 is 9.64 Å².